The average molecular weight is 293 g/mol. The largest absolute Gasteiger partial charge is 0.481 e. The molecule has 2 N–H and O–H groups in total. The Bertz CT molecular complexity index is 542. The van der Waals surface area contributed by atoms with Crippen molar-refractivity contribution in [2.24, 2.45) is 0 Å². The van der Waals surface area contributed by atoms with Gasteiger partial charge in [0.1, 0.15) is 0 Å². The molecule has 0 saturated carbocycles. The number of anilines is 1. The third kappa shape index (κ3) is 4.47. The highest BCUT2D eigenvalue weighted by Gasteiger charge is 2.23. The molecule has 19 heavy (non-hydrogen) atoms. The molecule has 0 radical (unpaired) electrons. The van der Waals surface area contributed by atoms with Crippen molar-refractivity contribution in [1.82, 2.24) is 0 Å². The average Bonchev–Trinajstić information content (AvgIpc) is 2.28. The maximum atomic E-state index is 12.1. The van der Waals surface area contributed by atoms with Gasteiger partial charge in [-0.2, -0.15) is 8.78 Å². The van der Waals surface area contributed by atoms with E-state index >= 15 is 0 Å². The van der Waals surface area contributed by atoms with E-state index in [1.165, 1.54) is 24.3 Å². The maximum absolute atomic E-state index is 12.1. The van der Waals surface area contributed by atoms with E-state index in [2.05, 4.69) is 0 Å². The van der Waals surface area contributed by atoms with Gasteiger partial charge >= 0.3 is 11.7 Å². The van der Waals surface area contributed by atoms with Crippen molar-refractivity contribution in [2.45, 2.75) is 25.0 Å². The van der Waals surface area contributed by atoms with Crippen LogP contribution in [0.25, 0.3) is 0 Å². The number of carboxylic acids is 1. The number of halogens is 2. The van der Waals surface area contributed by atoms with Crippen LogP contribution in [0, 0.1) is 0 Å². The van der Waals surface area contributed by atoms with Crippen LogP contribution in [0.5, 0.6) is 0 Å². The van der Waals surface area contributed by atoms with E-state index in [-0.39, 0.29) is 18.0 Å². The van der Waals surface area contributed by atoms with E-state index < -0.39 is 21.8 Å². The van der Waals surface area contributed by atoms with E-state index in [4.69, 9.17) is 5.11 Å². The van der Waals surface area contributed by atoms with Crippen molar-refractivity contribution in [3.05, 3.63) is 29.8 Å². The summed E-state index contributed by atoms with van der Waals surface area (Å²) in [7, 11) is -4.68. The Hall–Kier alpha value is -1.70. The fraction of sp³-hybridized carbons (Fsp3) is 0.364. The van der Waals surface area contributed by atoms with Gasteiger partial charge in [-0.15, -0.1) is 0 Å². The van der Waals surface area contributed by atoms with Gasteiger partial charge < -0.3 is 5.11 Å². The van der Waals surface area contributed by atoms with Crippen LogP contribution in [0.1, 0.15) is 24.8 Å². The summed E-state index contributed by atoms with van der Waals surface area (Å²) in [4.78, 5) is 10.5. The number of benzene rings is 1. The minimum atomic E-state index is -4.68. The third-order valence-electron chi connectivity index (χ3n) is 2.46. The summed E-state index contributed by atoms with van der Waals surface area (Å²) < 4.78 is 47.8. The van der Waals surface area contributed by atoms with E-state index in [1.807, 2.05) is 0 Å². The number of hydrogen-bond acceptors (Lipinski definition) is 3. The summed E-state index contributed by atoms with van der Waals surface area (Å²) in [5.41, 5.74) is 0.689. The molecule has 0 amide bonds. The number of nitrogens with one attached hydrogen (secondary N) is 1. The van der Waals surface area contributed by atoms with Crippen LogP contribution in [0.15, 0.2) is 24.3 Å². The molecule has 1 aromatic carbocycles. The first kappa shape index (κ1) is 15.4. The molecule has 106 valence electrons. The Morgan fingerprint density at radius 3 is 2.26 bits per heavy atom. The van der Waals surface area contributed by atoms with E-state index in [0.29, 0.717) is 5.56 Å². The fourth-order valence-electron chi connectivity index (χ4n) is 1.47. The van der Waals surface area contributed by atoms with Crippen LogP contribution < -0.4 is 4.72 Å². The second-order valence-corrected chi connectivity index (χ2v) is 5.68. The van der Waals surface area contributed by atoms with E-state index in [0.717, 1.165) is 0 Å². The zero-order chi connectivity index (χ0) is 14.6. The van der Waals surface area contributed by atoms with Crippen molar-refractivity contribution < 1.29 is 27.1 Å². The molecule has 0 aliphatic carbocycles. The lowest BCUT2D eigenvalue weighted by Crippen LogP contribution is -2.20. The van der Waals surface area contributed by atoms with Gasteiger partial charge in [0.05, 0.1) is 6.42 Å². The summed E-state index contributed by atoms with van der Waals surface area (Å²) in [6.45, 7) is 1.70. The Kier molecular flexibility index (Phi) is 4.82. The first-order valence-corrected chi connectivity index (χ1v) is 6.88. The zero-order valence-electron chi connectivity index (χ0n) is 10.0. The molecule has 0 fully saturated rings. The van der Waals surface area contributed by atoms with Crippen molar-refractivity contribution in [3.8, 4) is 0 Å². The van der Waals surface area contributed by atoms with Crippen molar-refractivity contribution in [2.75, 3.05) is 4.72 Å². The monoisotopic (exact) mass is 293 g/mol. The molecule has 1 atom stereocenters. The number of sulfonamides is 1. The van der Waals surface area contributed by atoms with Gasteiger partial charge in [-0.25, -0.2) is 8.42 Å². The Morgan fingerprint density at radius 2 is 1.84 bits per heavy atom. The molecule has 0 spiro atoms. The zero-order valence-corrected chi connectivity index (χ0v) is 10.8. The second kappa shape index (κ2) is 5.96. The predicted octanol–water partition coefficient (Wildman–Crippen LogP) is 2.23. The van der Waals surface area contributed by atoms with Crippen LogP contribution in [-0.2, 0) is 14.8 Å². The normalized spacial score (nSPS) is 13.3. The highest BCUT2D eigenvalue weighted by atomic mass is 32.2. The van der Waals surface area contributed by atoms with Gasteiger partial charge in [0.2, 0.25) is 0 Å². The van der Waals surface area contributed by atoms with Crippen molar-refractivity contribution >= 4 is 21.7 Å². The topological polar surface area (TPSA) is 83.5 Å². The molecule has 1 aromatic rings. The molecular weight excluding hydrogens is 280 g/mol. The van der Waals surface area contributed by atoms with Crippen LogP contribution in [0.2, 0.25) is 0 Å². The van der Waals surface area contributed by atoms with Crippen LogP contribution in [0.3, 0.4) is 0 Å². The number of rotatable bonds is 6. The molecule has 0 aliphatic heterocycles. The van der Waals surface area contributed by atoms with Gasteiger partial charge in [0.25, 0.3) is 10.0 Å². The number of aliphatic carboxylic acids is 1. The molecule has 1 unspecified atom stereocenters. The standard InChI is InChI=1S/C11H13F2NO4S/c1-7(6-10(15)16)8-2-4-9(5-3-8)14-19(17,18)11(12)13/h2-5,7,11,14H,6H2,1H3,(H,15,16). The molecule has 1 rings (SSSR count). The molecule has 0 bridgehead atoms. The first-order chi connectivity index (χ1) is 8.72. The van der Waals surface area contributed by atoms with Gasteiger partial charge in [-0.05, 0) is 23.6 Å². The SMILES string of the molecule is CC(CC(=O)O)c1ccc(NS(=O)(=O)C(F)F)cc1. The lowest BCUT2D eigenvalue weighted by molar-refractivity contribution is -0.137. The fourth-order valence-corrected chi connectivity index (χ4v) is 2.02. The van der Waals surface area contributed by atoms with Crippen LogP contribution in [-0.4, -0.2) is 25.3 Å². The smallest absolute Gasteiger partial charge is 0.355 e. The van der Waals surface area contributed by atoms with E-state index in [9.17, 15) is 22.0 Å². The molecule has 5 nitrogen and oxygen atoms in total. The summed E-state index contributed by atoms with van der Waals surface area (Å²) in [5.74, 6) is -4.70. The molecule has 0 heterocycles. The quantitative estimate of drug-likeness (QED) is 0.842. The molecule has 0 aliphatic rings. The number of carboxylic acid groups (broad SMARTS) is 1. The highest BCUT2D eigenvalue weighted by molar-refractivity contribution is 7.93. The lowest BCUT2D eigenvalue weighted by Gasteiger charge is -2.11. The molecule has 8 heteroatoms. The molecule has 0 aromatic heterocycles. The number of alkyl halides is 2. The van der Waals surface area contributed by atoms with Crippen molar-refractivity contribution in [1.29, 1.82) is 0 Å². The Labute approximate surface area is 109 Å². The third-order valence-corrected chi connectivity index (χ3v) is 3.44. The minimum Gasteiger partial charge on any atom is -0.481 e. The lowest BCUT2D eigenvalue weighted by atomic mass is 9.98. The van der Waals surface area contributed by atoms with Crippen LogP contribution >= 0.6 is 0 Å². The first-order valence-electron chi connectivity index (χ1n) is 5.34. The molecular formula is C11H13F2NO4S. The van der Waals surface area contributed by atoms with Crippen LogP contribution in [0.4, 0.5) is 14.5 Å². The summed E-state index contributed by atoms with van der Waals surface area (Å²) >= 11 is 0. The van der Waals surface area contributed by atoms with Gasteiger partial charge in [0.15, 0.2) is 0 Å². The van der Waals surface area contributed by atoms with Crippen molar-refractivity contribution in [3.63, 3.8) is 0 Å². The van der Waals surface area contributed by atoms with Gasteiger partial charge in [0, 0.05) is 5.69 Å². The highest BCUT2D eigenvalue weighted by Crippen LogP contribution is 2.22. The predicted molar refractivity (Wildman–Crippen MR) is 65.7 cm³/mol. The maximum Gasteiger partial charge on any atom is 0.355 e. The number of hydrogen-bond donors (Lipinski definition) is 2. The Balaban J connectivity index is 2.80. The van der Waals surface area contributed by atoms with E-state index in [1.54, 1.807) is 11.6 Å². The minimum absolute atomic E-state index is 0.00609. The Morgan fingerprint density at radius 1 is 1.32 bits per heavy atom. The van der Waals surface area contributed by atoms with Gasteiger partial charge in [-0.1, -0.05) is 19.1 Å². The second-order valence-electron chi connectivity index (χ2n) is 4.03. The summed E-state index contributed by atoms with van der Waals surface area (Å²) in [5, 5.41) is 8.64. The number of carbonyl (C=O) groups is 1. The molecule has 0 saturated heterocycles. The summed E-state index contributed by atoms with van der Waals surface area (Å²) in [6, 6.07) is 5.62. The van der Waals surface area contributed by atoms with Gasteiger partial charge in [-0.3, -0.25) is 9.52 Å². The summed E-state index contributed by atoms with van der Waals surface area (Å²) in [6.07, 6.45) is -0.0674.